The third kappa shape index (κ3) is 2.22. The van der Waals surface area contributed by atoms with Crippen molar-refractivity contribution in [3.8, 4) is 0 Å². The fourth-order valence-electron chi connectivity index (χ4n) is 1.71. The Kier molecular flexibility index (Phi) is 3.44. The molecular formula is C11H19N3. The lowest BCUT2D eigenvalue weighted by atomic mass is 10.1. The highest BCUT2D eigenvalue weighted by Gasteiger charge is 2.27. The van der Waals surface area contributed by atoms with Crippen LogP contribution in [0.15, 0.2) is 0 Å². The summed E-state index contributed by atoms with van der Waals surface area (Å²) in [4.78, 5) is 8.32. The minimum Gasteiger partial charge on any atom is -0.368 e. The van der Waals surface area contributed by atoms with Gasteiger partial charge in [-0.05, 0) is 38.2 Å². The van der Waals surface area contributed by atoms with E-state index in [1.165, 1.54) is 18.4 Å². The van der Waals surface area contributed by atoms with Gasteiger partial charge in [0.15, 0.2) is 0 Å². The van der Waals surface area contributed by atoms with Crippen LogP contribution in [0.25, 0.3) is 0 Å². The summed E-state index contributed by atoms with van der Waals surface area (Å²) in [5, 5.41) is 0. The molecule has 1 aliphatic carbocycles. The second-order valence-electron chi connectivity index (χ2n) is 3.44. The van der Waals surface area contributed by atoms with Crippen molar-refractivity contribution in [1.82, 2.24) is 9.97 Å². The summed E-state index contributed by atoms with van der Waals surface area (Å²) in [6.45, 7) is 8.03. The van der Waals surface area contributed by atoms with Crippen LogP contribution in [0.2, 0.25) is 0 Å². The molecule has 0 amide bonds. The molecule has 0 atom stereocenters. The molecule has 1 saturated carbocycles. The van der Waals surface area contributed by atoms with E-state index in [-0.39, 0.29) is 0 Å². The van der Waals surface area contributed by atoms with Gasteiger partial charge in [-0.25, -0.2) is 9.97 Å². The maximum absolute atomic E-state index is 5.53. The molecule has 14 heavy (non-hydrogen) atoms. The van der Waals surface area contributed by atoms with E-state index in [4.69, 9.17) is 5.73 Å². The number of aromatic nitrogens is 2. The summed E-state index contributed by atoms with van der Waals surface area (Å²) in [5.41, 5.74) is 8.97. The molecule has 0 radical (unpaired) electrons. The molecule has 0 spiro atoms. The van der Waals surface area contributed by atoms with E-state index in [9.17, 15) is 0 Å². The Morgan fingerprint density at radius 3 is 1.86 bits per heavy atom. The van der Waals surface area contributed by atoms with Crippen LogP contribution in [-0.2, 0) is 0 Å². The molecule has 2 N–H and O–H groups in total. The number of rotatable bonds is 1. The number of hydrogen-bond donors (Lipinski definition) is 1. The van der Waals surface area contributed by atoms with E-state index in [2.05, 4.69) is 9.97 Å². The molecule has 1 aromatic rings. The molecule has 78 valence electrons. The van der Waals surface area contributed by atoms with E-state index in [0.29, 0.717) is 11.9 Å². The van der Waals surface area contributed by atoms with Crippen molar-refractivity contribution < 1.29 is 0 Å². The van der Waals surface area contributed by atoms with Crippen molar-refractivity contribution in [2.24, 2.45) is 0 Å². The smallest absolute Gasteiger partial charge is 0.220 e. The zero-order valence-corrected chi connectivity index (χ0v) is 9.46. The molecule has 3 nitrogen and oxygen atoms in total. The predicted octanol–water partition coefficient (Wildman–Crippen LogP) is 2.58. The van der Waals surface area contributed by atoms with Crippen LogP contribution in [0, 0.1) is 13.8 Å². The first-order valence-electron chi connectivity index (χ1n) is 5.29. The van der Waals surface area contributed by atoms with E-state index < -0.39 is 0 Å². The molecule has 0 unspecified atom stereocenters. The largest absolute Gasteiger partial charge is 0.368 e. The Morgan fingerprint density at radius 1 is 1.07 bits per heavy atom. The zero-order chi connectivity index (χ0) is 10.7. The second-order valence-corrected chi connectivity index (χ2v) is 3.44. The van der Waals surface area contributed by atoms with Crippen LogP contribution in [0.1, 0.15) is 49.6 Å². The molecule has 1 aromatic heterocycles. The highest BCUT2D eigenvalue weighted by atomic mass is 15.0. The first-order valence-corrected chi connectivity index (χ1v) is 5.29. The molecule has 0 aromatic carbocycles. The number of aryl methyl sites for hydroxylation is 2. The lowest BCUT2D eigenvalue weighted by Crippen LogP contribution is -2.03. The first kappa shape index (κ1) is 11.0. The summed E-state index contributed by atoms with van der Waals surface area (Å²) >= 11 is 0. The van der Waals surface area contributed by atoms with Gasteiger partial charge in [-0.2, -0.15) is 0 Å². The van der Waals surface area contributed by atoms with Gasteiger partial charge < -0.3 is 5.73 Å². The highest BCUT2D eigenvalue weighted by molar-refractivity contribution is 5.35. The van der Waals surface area contributed by atoms with E-state index >= 15 is 0 Å². The maximum atomic E-state index is 5.53. The van der Waals surface area contributed by atoms with Gasteiger partial charge in [-0.1, -0.05) is 13.8 Å². The molecule has 0 saturated heterocycles. The summed E-state index contributed by atoms with van der Waals surface area (Å²) in [5.74, 6) is 1.11. The Balaban J connectivity index is 0.000000461. The number of nitrogens with zero attached hydrogens (tertiary/aromatic N) is 2. The van der Waals surface area contributed by atoms with Crippen molar-refractivity contribution in [2.75, 3.05) is 5.73 Å². The highest BCUT2D eigenvalue weighted by Crippen LogP contribution is 2.42. The van der Waals surface area contributed by atoms with Crippen LogP contribution in [0.4, 0.5) is 5.95 Å². The predicted molar refractivity (Wildman–Crippen MR) is 59.2 cm³/mol. The van der Waals surface area contributed by atoms with Crippen LogP contribution in [0.5, 0.6) is 0 Å². The van der Waals surface area contributed by atoms with Crippen LogP contribution >= 0.6 is 0 Å². The monoisotopic (exact) mass is 193 g/mol. The van der Waals surface area contributed by atoms with E-state index in [0.717, 1.165) is 11.4 Å². The SMILES string of the molecule is CC.Cc1nc(N)nc(C)c1C1CC1. The average molecular weight is 193 g/mol. The van der Waals surface area contributed by atoms with Crippen LogP contribution < -0.4 is 5.73 Å². The normalized spacial score (nSPS) is 14.6. The lowest BCUT2D eigenvalue weighted by molar-refractivity contribution is 0.957. The van der Waals surface area contributed by atoms with Crippen molar-refractivity contribution in [3.05, 3.63) is 17.0 Å². The number of nitrogens with two attached hydrogens (primary N) is 1. The van der Waals surface area contributed by atoms with Crippen LogP contribution in [-0.4, -0.2) is 9.97 Å². The summed E-state index contributed by atoms with van der Waals surface area (Å²) in [7, 11) is 0. The van der Waals surface area contributed by atoms with Crippen molar-refractivity contribution in [2.45, 2.75) is 46.5 Å². The van der Waals surface area contributed by atoms with Gasteiger partial charge in [0.05, 0.1) is 0 Å². The molecule has 1 fully saturated rings. The van der Waals surface area contributed by atoms with Crippen molar-refractivity contribution in [3.63, 3.8) is 0 Å². The molecular weight excluding hydrogens is 174 g/mol. The molecule has 0 bridgehead atoms. The third-order valence-electron chi connectivity index (χ3n) is 2.33. The Labute approximate surface area is 85.8 Å². The van der Waals surface area contributed by atoms with E-state index in [1.54, 1.807) is 0 Å². The Bertz CT molecular complexity index is 293. The van der Waals surface area contributed by atoms with Gasteiger partial charge in [-0.3, -0.25) is 0 Å². The second kappa shape index (κ2) is 4.40. The lowest BCUT2D eigenvalue weighted by Gasteiger charge is -2.06. The third-order valence-corrected chi connectivity index (χ3v) is 2.33. The topological polar surface area (TPSA) is 51.8 Å². The zero-order valence-electron chi connectivity index (χ0n) is 9.46. The van der Waals surface area contributed by atoms with Gasteiger partial charge in [0.2, 0.25) is 5.95 Å². The maximum Gasteiger partial charge on any atom is 0.220 e. The number of hydrogen-bond acceptors (Lipinski definition) is 3. The molecule has 3 heteroatoms. The summed E-state index contributed by atoms with van der Waals surface area (Å²) < 4.78 is 0. The standard InChI is InChI=1S/C9H13N3.C2H6/c1-5-8(7-3-4-7)6(2)12-9(10)11-5;1-2/h7H,3-4H2,1-2H3,(H2,10,11,12);1-2H3. The van der Waals surface area contributed by atoms with Gasteiger partial charge >= 0.3 is 0 Å². The summed E-state index contributed by atoms with van der Waals surface area (Å²) in [6, 6.07) is 0. The minimum absolute atomic E-state index is 0.398. The Morgan fingerprint density at radius 2 is 1.50 bits per heavy atom. The fraction of sp³-hybridized carbons (Fsp3) is 0.636. The first-order chi connectivity index (χ1) is 6.68. The van der Waals surface area contributed by atoms with Gasteiger partial charge in [0.1, 0.15) is 0 Å². The number of anilines is 1. The average Bonchev–Trinajstić information content (AvgIpc) is 2.90. The summed E-state index contributed by atoms with van der Waals surface area (Å²) in [6.07, 6.45) is 2.57. The van der Waals surface area contributed by atoms with Crippen molar-refractivity contribution in [1.29, 1.82) is 0 Å². The van der Waals surface area contributed by atoms with Gasteiger partial charge in [0.25, 0.3) is 0 Å². The molecule has 2 rings (SSSR count). The van der Waals surface area contributed by atoms with E-state index in [1.807, 2.05) is 27.7 Å². The minimum atomic E-state index is 0.398. The molecule has 1 heterocycles. The fourth-order valence-corrected chi connectivity index (χ4v) is 1.71. The Hall–Kier alpha value is -1.12. The molecule has 0 aliphatic heterocycles. The van der Waals surface area contributed by atoms with Gasteiger partial charge in [0, 0.05) is 11.4 Å². The van der Waals surface area contributed by atoms with Crippen molar-refractivity contribution >= 4 is 5.95 Å². The van der Waals surface area contributed by atoms with Gasteiger partial charge in [-0.15, -0.1) is 0 Å². The molecule has 1 aliphatic rings. The quantitative estimate of drug-likeness (QED) is 0.745. The number of nitrogen functional groups attached to an aromatic ring is 1. The van der Waals surface area contributed by atoms with Crippen LogP contribution in [0.3, 0.4) is 0 Å².